The molecular formula is C17H16N4O. The zero-order valence-electron chi connectivity index (χ0n) is 12.8. The first-order chi connectivity index (χ1) is 10.5. The van der Waals surface area contributed by atoms with E-state index >= 15 is 0 Å². The number of hydrogen-bond acceptors (Lipinski definition) is 3. The van der Waals surface area contributed by atoms with Crippen LogP contribution in [0.2, 0.25) is 0 Å². The number of aryl methyl sites for hydroxylation is 3. The molecule has 0 spiro atoms. The van der Waals surface area contributed by atoms with E-state index in [1.54, 1.807) is 10.9 Å². The van der Waals surface area contributed by atoms with Crippen molar-refractivity contribution in [3.05, 3.63) is 51.6 Å². The van der Waals surface area contributed by atoms with Crippen LogP contribution < -0.4 is 5.56 Å². The fourth-order valence-corrected chi connectivity index (χ4v) is 2.47. The van der Waals surface area contributed by atoms with Crippen LogP contribution in [0, 0.1) is 33.1 Å². The second-order valence-electron chi connectivity index (χ2n) is 5.34. The topological polar surface area (TPSA) is 52.7 Å². The zero-order chi connectivity index (χ0) is 15.9. The highest BCUT2D eigenvalue weighted by Crippen LogP contribution is 2.19. The molecule has 0 amide bonds. The zero-order valence-corrected chi connectivity index (χ0v) is 12.8. The van der Waals surface area contributed by atoms with Crippen LogP contribution in [0.5, 0.6) is 0 Å². The van der Waals surface area contributed by atoms with Gasteiger partial charge in [-0.25, -0.2) is 9.36 Å². The fourth-order valence-electron chi connectivity index (χ4n) is 2.47. The van der Waals surface area contributed by atoms with Gasteiger partial charge in [0.2, 0.25) is 0 Å². The van der Waals surface area contributed by atoms with Gasteiger partial charge in [0, 0.05) is 5.39 Å². The summed E-state index contributed by atoms with van der Waals surface area (Å²) in [5.41, 5.74) is 4.21. The lowest BCUT2D eigenvalue weighted by Gasteiger charge is -2.08. The van der Waals surface area contributed by atoms with Gasteiger partial charge in [0.25, 0.3) is 5.56 Å². The van der Waals surface area contributed by atoms with Crippen LogP contribution in [0.25, 0.3) is 16.6 Å². The van der Waals surface area contributed by atoms with Gasteiger partial charge < -0.3 is 0 Å². The summed E-state index contributed by atoms with van der Waals surface area (Å²) < 4.78 is 2.96. The second kappa shape index (κ2) is 5.15. The minimum absolute atomic E-state index is 0.147. The standard InChI is InChI=1S/C17H16N4O/c1-5-8-20-17(22)16-15(13(4)19-20)10-18-21(16)14-7-6-11(2)12(3)9-14/h1,6-7,9-10H,8H2,2-4H3. The number of terminal acetylenes is 1. The Hall–Kier alpha value is -2.87. The highest BCUT2D eigenvalue weighted by Gasteiger charge is 2.14. The van der Waals surface area contributed by atoms with Gasteiger partial charge in [0.15, 0.2) is 0 Å². The van der Waals surface area contributed by atoms with Gasteiger partial charge in [-0.05, 0) is 44.0 Å². The number of hydrogen-bond donors (Lipinski definition) is 0. The normalized spacial score (nSPS) is 10.8. The highest BCUT2D eigenvalue weighted by atomic mass is 16.1. The van der Waals surface area contributed by atoms with Crippen molar-refractivity contribution >= 4 is 10.9 Å². The fraction of sp³-hybridized carbons (Fsp3) is 0.235. The van der Waals surface area contributed by atoms with Crippen molar-refractivity contribution in [1.29, 1.82) is 0 Å². The van der Waals surface area contributed by atoms with E-state index in [0.717, 1.165) is 22.3 Å². The summed E-state index contributed by atoms with van der Waals surface area (Å²) in [6.07, 6.45) is 6.99. The van der Waals surface area contributed by atoms with Crippen LogP contribution in [-0.2, 0) is 6.54 Å². The minimum atomic E-state index is -0.228. The molecule has 0 atom stereocenters. The number of nitrogens with zero attached hydrogens (tertiary/aromatic N) is 4. The lowest BCUT2D eigenvalue weighted by atomic mass is 10.1. The predicted octanol–water partition coefficient (Wildman–Crippen LogP) is 2.14. The summed E-state index contributed by atoms with van der Waals surface area (Å²) in [6.45, 7) is 6.08. The number of fused-ring (bicyclic) bond motifs is 1. The molecule has 0 N–H and O–H groups in total. The molecule has 2 aromatic heterocycles. The first-order valence-corrected chi connectivity index (χ1v) is 6.99. The third-order valence-corrected chi connectivity index (χ3v) is 3.84. The molecule has 3 aromatic rings. The molecule has 22 heavy (non-hydrogen) atoms. The summed E-state index contributed by atoms with van der Waals surface area (Å²) >= 11 is 0. The molecule has 0 aliphatic rings. The van der Waals surface area contributed by atoms with Crippen LogP contribution >= 0.6 is 0 Å². The van der Waals surface area contributed by atoms with Gasteiger partial charge in [-0.15, -0.1) is 6.42 Å². The number of aromatic nitrogens is 4. The Bertz CT molecular complexity index is 973. The van der Waals surface area contributed by atoms with E-state index in [-0.39, 0.29) is 12.1 Å². The lowest BCUT2D eigenvalue weighted by Crippen LogP contribution is -2.25. The molecule has 1 aromatic carbocycles. The predicted molar refractivity (Wildman–Crippen MR) is 86.2 cm³/mol. The molecule has 110 valence electrons. The molecular weight excluding hydrogens is 276 g/mol. The summed E-state index contributed by atoms with van der Waals surface area (Å²) in [7, 11) is 0. The van der Waals surface area contributed by atoms with E-state index < -0.39 is 0 Å². The van der Waals surface area contributed by atoms with Crippen molar-refractivity contribution in [3.8, 4) is 18.0 Å². The Balaban J connectivity index is 2.34. The first-order valence-electron chi connectivity index (χ1n) is 6.99. The quantitative estimate of drug-likeness (QED) is 0.680. The van der Waals surface area contributed by atoms with Gasteiger partial charge in [-0.3, -0.25) is 4.79 Å². The SMILES string of the molecule is C#CCn1nc(C)c2cnn(-c3ccc(C)c(C)c3)c2c1=O. The molecule has 5 heteroatoms. The van der Waals surface area contributed by atoms with E-state index in [9.17, 15) is 4.79 Å². The highest BCUT2D eigenvalue weighted by molar-refractivity contribution is 5.81. The molecule has 0 fully saturated rings. The van der Waals surface area contributed by atoms with E-state index in [0.29, 0.717) is 5.52 Å². The van der Waals surface area contributed by atoms with Crippen molar-refractivity contribution < 1.29 is 0 Å². The average Bonchev–Trinajstić information content (AvgIpc) is 2.93. The van der Waals surface area contributed by atoms with Crippen molar-refractivity contribution in [2.45, 2.75) is 27.3 Å². The van der Waals surface area contributed by atoms with Crippen LogP contribution in [-0.4, -0.2) is 19.6 Å². The van der Waals surface area contributed by atoms with Gasteiger partial charge in [0.05, 0.1) is 17.6 Å². The molecule has 0 unspecified atom stereocenters. The van der Waals surface area contributed by atoms with Crippen molar-refractivity contribution in [2.75, 3.05) is 0 Å². The largest absolute Gasteiger partial charge is 0.294 e. The molecule has 0 saturated carbocycles. The van der Waals surface area contributed by atoms with Crippen molar-refractivity contribution in [1.82, 2.24) is 19.6 Å². The smallest absolute Gasteiger partial charge is 0.265 e. The Labute approximate surface area is 128 Å². The summed E-state index contributed by atoms with van der Waals surface area (Å²) in [5, 5.41) is 9.36. The van der Waals surface area contributed by atoms with Crippen molar-refractivity contribution in [3.63, 3.8) is 0 Å². The van der Waals surface area contributed by atoms with Gasteiger partial charge in [-0.1, -0.05) is 12.0 Å². The van der Waals surface area contributed by atoms with Gasteiger partial charge >= 0.3 is 0 Å². The van der Waals surface area contributed by atoms with E-state index in [1.165, 1.54) is 10.2 Å². The molecule has 0 saturated heterocycles. The summed E-state index contributed by atoms with van der Waals surface area (Å²) in [4.78, 5) is 12.6. The first kappa shape index (κ1) is 14.1. The van der Waals surface area contributed by atoms with E-state index in [2.05, 4.69) is 16.1 Å². The van der Waals surface area contributed by atoms with E-state index in [4.69, 9.17) is 6.42 Å². The van der Waals surface area contributed by atoms with Crippen LogP contribution in [0.3, 0.4) is 0 Å². The lowest BCUT2D eigenvalue weighted by molar-refractivity contribution is 0.657. The minimum Gasteiger partial charge on any atom is -0.265 e. The maximum absolute atomic E-state index is 12.6. The Morgan fingerprint density at radius 1 is 1.23 bits per heavy atom. The average molecular weight is 292 g/mol. The van der Waals surface area contributed by atoms with Crippen molar-refractivity contribution in [2.24, 2.45) is 0 Å². The summed E-state index contributed by atoms with van der Waals surface area (Å²) in [5.74, 6) is 2.46. The molecule has 5 nitrogen and oxygen atoms in total. The monoisotopic (exact) mass is 292 g/mol. The van der Waals surface area contributed by atoms with Gasteiger partial charge in [-0.2, -0.15) is 10.2 Å². The maximum atomic E-state index is 12.6. The number of rotatable bonds is 2. The second-order valence-corrected chi connectivity index (χ2v) is 5.34. The molecule has 0 radical (unpaired) electrons. The van der Waals surface area contributed by atoms with E-state index in [1.807, 2.05) is 39.0 Å². The third-order valence-electron chi connectivity index (χ3n) is 3.84. The molecule has 0 aliphatic heterocycles. The molecule has 0 aliphatic carbocycles. The van der Waals surface area contributed by atoms with Crippen LogP contribution in [0.4, 0.5) is 0 Å². The molecule has 3 rings (SSSR count). The Kier molecular flexibility index (Phi) is 3.30. The summed E-state index contributed by atoms with van der Waals surface area (Å²) in [6, 6.07) is 5.99. The van der Waals surface area contributed by atoms with Crippen LogP contribution in [0.15, 0.2) is 29.2 Å². The third kappa shape index (κ3) is 2.09. The Morgan fingerprint density at radius 2 is 2.00 bits per heavy atom. The molecule has 0 bridgehead atoms. The number of benzene rings is 1. The maximum Gasteiger partial charge on any atom is 0.294 e. The van der Waals surface area contributed by atoms with Gasteiger partial charge in [0.1, 0.15) is 12.1 Å². The van der Waals surface area contributed by atoms with Crippen LogP contribution in [0.1, 0.15) is 16.8 Å². The molecule has 2 heterocycles. The Morgan fingerprint density at radius 3 is 2.68 bits per heavy atom.